The minimum atomic E-state index is 0. The minimum absolute atomic E-state index is 0. The topological polar surface area (TPSA) is 0 Å². The van der Waals surface area contributed by atoms with Gasteiger partial charge in [0.1, 0.15) is 0 Å². The predicted octanol–water partition coefficient (Wildman–Crippen LogP) is -0.917. The summed E-state index contributed by atoms with van der Waals surface area (Å²) < 4.78 is 0. The Kier molecular flexibility index (Phi) is 28600. The van der Waals surface area contributed by atoms with Crippen molar-refractivity contribution < 1.29 is 28.2 Å². The first kappa shape index (κ1) is 580. The molecule has 0 nitrogen and oxygen atoms in total. The normalized spacial score (nSPS) is 0. The molecule has 0 heterocycles. The molecule has 8 heteroatoms. The van der Waals surface area contributed by atoms with E-state index in [2.05, 4.69) is 0 Å². The van der Waals surface area contributed by atoms with E-state index in [1.54, 1.807) is 0 Å². The van der Waals surface area contributed by atoms with Gasteiger partial charge in [0, 0.05) is 0 Å². The molecule has 0 aromatic heterocycles. The molecular weight excluding hydrogens is 243 g/mol. The van der Waals surface area contributed by atoms with Crippen LogP contribution in [0.5, 0.6) is 0 Å². The predicted molar refractivity (Wildman–Crippen MR) is 32.1 cm³/mol. The second-order valence-electron chi connectivity index (χ2n) is 0. The first-order valence-corrected chi connectivity index (χ1v) is 0. The van der Waals surface area contributed by atoms with E-state index in [0.717, 1.165) is 0 Å². The van der Waals surface area contributed by atoms with Crippen molar-refractivity contribution in [3.8, 4) is 0 Å². The Morgan fingerprint density at radius 3 is 0.375 bits per heavy atom. The summed E-state index contributed by atoms with van der Waals surface area (Å²) in [4.78, 5) is 0. The van der Waals surface area contributed by atoms with E-state index in [0.29, 0.717) is 0 Å². The Labute approximate surface area is 71.6 Å². The summed E-state index contributed by atoms with van der Waals surface area (Å²) in [5.41, 5.74) is 0. The molecule has 0 aromatic rings. The molecular formula is H10F6LiSb. The zero-order chi connectivity index (χ0) is 0. The molecule has 58 valence electrons. The monoisotopic (exact) mass is 252 g/mol. The van der Waals surface area contributed by atoms with Gasteiger partial charge in [-0.2, -0.15) is 0 Å². The first-order valence-electron chi connectivity index (χ1n) is 0. The molecule has 8 heavy (non-hydrogen) atoms. The summed E-state index contributed by atoms with van der Waals surface area (Å²) in [7, 11) is 0. The molecule has 0 rings (SSSR count). The summed E-state index contributed by atoms with van der Waals surface area (Å²) in [6.45, 7) is 0. The van der Waals surface area contributed by atoms with Crippen molar-refractivity contribution >= 4 is 43.3 Å². The van der Waals surface area contributed by atoms with Gasteiger partial charge in [-0.25, -0.2) is 0 Å². The van der Waals surface area contributed by atoms with Gasteiger partial charge in [0.2, 0.25) is 0 Å². The molecule has 0 spiro atoms. The number of hydrogen-bond donors (Lipinski definition) is 0. The van der Waals surface area contributed by atoms with Crippen LogP contribution in [0.15, 0.2) is 0 Å². The second-order valence-corrected chi connectivity index (χ2v) is 0. The third-order valence-electron chi connectivity index (χ3n) is 0. The van der Waals surface area contributed by atoms with E-state index in [4.69, 9.17) is 0 Å². The van der Waals surface area contributed by atoms with E-state index in [9.17, 15) is 0 Å². The maximum absolute atomic E-state index is 0. The Balaban J connectivity index is 0. The van der Waals surface area contributed by atoms with E-state index in [-0.39, 0.29) is 71.5 Å². The molecule has 0 aliphatic rings. The van der Waals surface area contributed by atoms with Crippen LogP contribution in [0.1, 0.15) is 0 Å². The van der Waals surface area contributed by atoms with Gasteiger partial charge in [-0.1, -0.05) is 0 Å². The van der Waals surface area contributed by atoms with Gasteiger partial charge < -0.3 is 0 Å². The fourth-order valence-electron chi connectivity index (χ4n) is 0. The molecule has 0 saturated carbocycles. The molecule has 0 amide bonds. The average molecular weight is 253 g/mol. The van der Waals surface area contributed by atoms with Crippen molar-refractivity contribution in [1.29, 1.82) is 0 Å². The van der Waals surface area contributed by atoms with Gasteiger partial charge in [0.15, 0.2) is 0 Å². The quantitative estimate of drug-likeness (QED) is 0.387. The number of rotatable bonds is 0. The standard InChI is InChI=1S/6FH.Li.Sb.4H/h6*1H;;;;;;. The van der Waals surface area contributed by atoms with E-state index < -0.39 is 0 Å². The average Bonchev–Trinajstić information content (AvgIpc) is 0. The molecule has 0 atom stereocenters. The maximum atomic E-state index is 0. The second kappa shape index (κ2) is 395. The summed E-state index contributed by atoms with van der Waals surface area (Å²) in [6, 6.07) is 0. The van der Waals surface area contributed by atoms with Crippen molar-refractivity contribution in [3.63, 3.8) is 0 Å². The summed E-state index contributed by atoms with van der Waals surface area (Å²) >= 11 is 0. The Morgan fingerprint density at radius 1 is 0.375 bits per heavy atom. The van der Waals surface area contributed by atoms with Crippen LogP contribution in [-0.4, -0.2) is 43.3 Å². The number of hydrogen-bond acceptors (Lipinski definition) is 0. The van der Waals surface area contributed by atoms with Gasteiger partial charge >= 0.3 is 43.3 Å². The Morgan fingerprint density at radius 2 is 0.375 bits per heavy atom. The number of halogens is 6. The zero-order valence-corrected chi connectivity index (χ0v) is 7.19. The van der Waals surface area contributed by atoms with Crippen LogP contribution in [0.4, 0.5) is 28.2 Å². The van der Waals surface area contributed by atoms with Gasteiger partial charge in [-0.3, -0.25) is 28.2 Å². The molecule has 0 saturated heterocycles. The third-order valence-corrected chi connectivity index (χ3v) is 0. The van der Waals surface area contributed by atoms with Crippen LogP contribution in [0.2, 0.25) is 0 Å². The van der Waals surface area contributed by atoms with E-state index in [1.165, 1.54) is 0 Å². The van der Waals surface area contributed by atoms with Crippen LogP contribution in [0.25, 0.3) is 0 Å². The van der Waals surface area contributed by atoms with Crippen LogP contribution in [0.3, 0.4) is 0 Å². The molecule has 0 radical (unpaired) electrons. The Hall–Kier alpha value is 0.996. The third kappa shape index (κ3) is 254. The summed E-state index contributed by atoms with van der Waals surface area (Å²) in [5, 5.41) is 0. The fourth-order valence-corrected chi connectivity index (χ4v) is 0. The van der Waals surface area contributed by atoms with Crippen molar-refractivity contribution in [2.24, 2.45) is 0 Å². The molecule has 0 N–H and O–H groups in total. The molecule has 0 bridgehead atoms. The molecule has 0 unspecified atom stereocenters. The van der Waals surface area contributed by atoms with Crippen molar-refractivity contribution in [1.82, 2.24) is 0 Å². The van der Waals surface area contributed by atoms with Crippen molar-refractivity contribution in [2.75, 3.05) is 0 Å². The fraction of sp³-hybridized carbons (Fsp3) is 0. The summed E-state index contributed by atoms with van der Waals surface area (Å²) in [5.74, 6) is 0. The SMILES string of the molecule is F.F.F.F.F.F.[LiH].[SbH3]. The van der Waals surface area contributed by atoms with Gasteiger partial charge in [-0.15, -0.1) is 0 Å². The van der Waals surface area contributed by atoms with Crippen molar-refractivity contribution in [3.05, 3.63) is 0 Å². The summed E-state index contributed by atoms with van der Waals surface area (Å²) in [6.07, 6.45) is 0. The van der Waals surface area contributed by atoms with Gasteiger partial charge in [-0.05, 0) is 0 Å². The Bertz CT molecular complexity index is 8.49. The van der Waals surface area contributed by atoms with Crippen LogP contribution in [-0.2, 0) is 0 Å². The molecule has 0 aromatic carbocycles. The van der Waals surface area contributed by atoms with E-state index >= 15 is 0 Å². The molecule has 0 aliphatic carbocycles. The van der Waals surface area contributed by atoms with E-state index in [1.807, 2.05) is 0 Å². The zero-order valence-electron chi connectivity index (χ0n) is 3.16. The van der Waals surface area contributed by atoms with Crippen LogP contribution < -0.4 is 0 Å². The van der Waals surface area contributed by atoms with Crippen LogP contribution >= 0.6 is 0 Å². The molecule has 0 fully saturated rings. The molecule has 0 aliphatic heterocycles. The van der Waals surface area contributed by atoms with Crippen molar-refractivity contribution in [2.45, 2.75) is 0 Å². The van der Waals surface area contributed by atoms with Gasteiger partial charge in [0.05, 0.1) is 0 Å². The van der Waals surface area contributed by atoms with Crippen LogP contribution in [0, 0.1) is 0 Å². The van der Waals surface area contributed by atoms with Gasteiger partial charge in [0.25, 0.3) is 0 Å². The first-order chi connectivity index (χ1) is 0.